The lowest BCUT2D eigenvalue weighted by Crippen LogP contribution is -2.30. The largest absolute Gasteiger partial charge is 0.462 e. The molecule has 0 aliphatic heterocycles. The van der Waals surface area contributed by atoms with Crippen molar-refractivity contribution in [3.05, 3.63) is 48.6 Å². The molecule has 0 radical (unpaired) electrons. The van der Waals surface area contributed by atoms with Crippen LogP contribution in [0.15, 0.2) is 48.6 Å². The molecule has 0 aliphatic carbocycles. The number of rotatable bonds is 53. The van der Waals surface area contributed by atoms with Gasteiger partial charge in [-0.25, -0.2) is 0 Å². The van der Waals surface area contributed by atoms with Crippen molar-refractivity contribution in [2.45, 2.75) is 309 Å². The van der Waals surface area contributed by atoms with Crippen LogP contribution in [-0.2, 0) is 28.6 Å². The fourth-order valence-corrected chi connectivity index (χ4v) is 8.36. The molecule has 6 heteroatoms. The van der Waals surface area contributed by atoms with Gasteiger partial charge in [0, 0.05) is 19.3 Å². The minimum atomic E-state index is -0.785. The highest BCUT2D eigenvalue weighted by Crippen LogP contribution is 2.15. The second-order valence-corrected chi connectivity index (χ2v) is 19.6. The number of hydrogen-bond donors (Lipinski definition) is 0. The van der Waals surface area contributed by atoms with Gasteiger partial charge in [-0.05, 0) is 96.3 Å². The fraction of sp³-hybridized carbons (Fsp3) is 0.820. The molecule has 390 valence electrons. The molecule has 0 rings (SSSR count). The highest BCUT2D eigenvalue weighted by atomic mass is 16.6. The van der Waals surface area contributed by atoms with Gasteiger partial charge < -0.3 is 14.2 Å². The number of ether oxygens (including phenoxy) is 3. The van der Waals surface area contributed by atoms with Crippen molar-refractivity contribution >= 4 is 17.9 Å². The molecular formula is C61H110O6. The third kappa shape index (κ3) is 54.2. The van der Waals surface area contributed by atoms with Crippen LogP contribution in [0.4, 0.5) is 0 Å². The lowest BCUT2D eigenvalue weighted by atomic mass is 10.1. The van der Waals surface area contributed by atoms with Crippen LogP contribution in [0.3, 0.4) is 0 Å². The normalized spacial score (nSPS) is 12.3. The zero-order valence-electron chi connectivity index (χ0n) is 44.7. The van der Waals surface area contributed by atoms with E-state index >= 15 is 0 Å². The molecule has 0 N–H and O–H groups in total. The molecule has 0 amide bonds. The van der Waals surface area contributed by atoms with Gasteiger partial charge in [0.25, 0.3) is 0 Å². The monoisotopic (exact) mass is 939 g/mol. The first-order valence-electron chi connectivity index (χ1n) is 29.2. The molecule has 0 bridgehead atoms. The van der Waals surface area contributed by atoms with Gasteiger partial charge in [0.05, 0.1) is 0 Å². The molecule has 1 unspecified atom stereocenters. The maximum absolute atomic E-state index is 12.8. The fourth-order valence-electron chi connectivity index (χ4n) is 8.36. The van der Waals surface area contributed by atoms with Crippen LogP contribution in [0.1, 0.15) is 303 Å². The predicted octanol–water partition coefficient (Wildman–Crippen LogP) is 19.4. The van der Waals surface area contributed by atoms with E-state index in [0.29, 0.717) is 19.3 Å². The van der Waals surface area contributed by atoms with E-state index in [-0.39, 0.29) is 31.1 Å². The number of esters is 3. The Bertz CT molecular complexity index is 1170. The molecule has 0 saturated carbocycles. The number of allylic oxidation sites excluding steroid dienone is 8. The molecule has 0 aromatic carbocycles. The number of carbonyl (C=O) groups excluding carboxylic acids is 3. The third-order valence-electron chi connectivity index (χ3n) is 12.8. The van der Waals surface area contributed by atoms with E-state index in [1.165, 1.54) is 173 Å². The van der Waals surface area contributed by atoms with E-state index in [1.807, 2.05) is 0 Å². The van der Waals surface area contributed by atoms with Crippen LogP contribution in [0.25, 0.3) is 0 Å². The van der Waals surface area contributed by atoms with Crippen molar-refractivity contribution in [2.75, 3.05) is 13.2 Å². The molecule has 67 heavy (non-hydrogen) atoms. The summed E-state index contributed by atoms with van der Waals surface area (Å²) in [6.45, 7) is 6.63. The van der Waals surface area contributed by atoms with Gasteiger partial charge in [0.2, 0.25) is 0 Å². The van der Waals surface area contributed by atoms with Crippen LogP contribution in [0.2, 0.25) is 0 Å². The maximum Gasteiger partial charge on any atom is 0.306 e. The Kier molecular flexibility index (Phi) is 53.8. The Morgan fingerprint density at radius 1 is 0.299 bits per heavy atom. The molecule has 0 aromatic heterocycles. The highest BCUT2D eigenvalue weighted by molar-refractivity contribution is 5.71. The Balaban J connectivity index is 4.40. The van der Waals surface area contributed by atoms with Gasteiger partial charge in [-0.15, -0.1) is 0 Å². The molecular weight excluding hydrogens is 829 g/mol. The first-order chi connectivity index (χ1) is 33.0. The Hall–Kier alpha value is -2.63. The second kappa shape index (κ2) is 56.0. The molecule has 1 atom stereocenters. The van der Waals surface area contributed by atoms with Crippen molar-refractivity contribution in [3.8, 4) is 0 Å². The Morgan fingerprint density at radius 3 is 0.851 bits per heavy atom. The zero-order chi connectivity index (χ0) is 48.6. The molecule has 6 nitrogen and oxygen atoms in total. The van der Waals surface area contributed by atoms with Crippen LogP contribution >= 0.6 is 0 Å². The van der Waals surface area contributed by atoms with E-state index in [4.69, 9.17) is 14.2 Å². The van der Waals surface area contributed by atoms with Crippen molar-refractivity contribution in [1.82, 2.24) is 0 Å². The molecule has 0 aromatic rings. The smallest absolute Gasteiger partial charge is 0.306 e. The van der Waals surface area contributed by atoms with Crippen LogP contribution in [-0.4, -0.2) is 37.2 Å². The van der Waals surface area contributed by atoms with E-state index in [2.05, 4.69) is 69.4 Å². The summed E-state index contributed by atoms with van der Waals surface area (Å²) in [6.07, 6.45) is 68.1. The minimum Gasteiger partial charge on any atom is -0.462 e. The third-order valence-corrected chi connectivity index (χ3v) is 12.8. The van der Waals surface area contributed by atoms with Gasteiger partial charge >= 0.3 is 17.9 Å². The highest BCUT2D eigenvalue weighted by Gasteiger charge is 2.19. The number of carbonyl (C=O) groups is 3. The van der Waals surface area contributed by atoms with Crippen molar-refractivity contribution in [2.24, 2.45) is 0 Å². The van der Waals surface area contributed by atoms with Crippen molar-refractivity contribution in [3.63, 3.8) is 0 Å². The second-order valence-electron chi connectivity index (χ2n) is 19.6. The van der Waals surface area contributed by atoms with E-state index in [0.717, 1.165) is 89.9 Å². The van der Waals surface area contributed by atoms with Crippen LogP contribution in [0.5, 0.6) is 0 Å². The van der Waals surface area contributed by atoms with Crippen LogP contribution < -0.4 is 0 Å². The van der Waals surface area contributed by atoms with Crippen molar-refractivity contribution < 1.29 is 28.6 Å². The standard InChI is InChI=1S/C61H110O6/c1-4-7-10-13-16-19-22-25-28-30-31-34-36-39-42-45-48-51-54-60(63)66-57-58(56-65-59(62)53-50-47-44-41-38-35-32-27-24-21-18-15-12-9-6-3)67-61(64)55-52-49-46-43-40-37-33-29-26-23-20-17-14-11-8-5-2/h21,24,28-31,33-34,58H,4-20,22-23,25-27,32,35-57H2,1-3H3/b24-21-,30-28-,33-29-,34-31-. The van der Waals surface area contributed by atoms with Gasteiger partial charge in [-0.2, -0.15) is 0 Å². The average Bonchev–Trinajstić information content (AvgIpc) is 3.33. The summed E-state index contributed by atoms with van der Waals surface area (Å²) in [5.74, 6) is -0.897. The Labute approximate surface area is 416 Å². The SMILES string of the molecule is CCCCCC/C=C\CCCCCCCCCC(=O)OCC(COC(=O)CCCCCCC/C=C\C=C/CCCCCCCCC)OC(=O)CCCCCCC/C=C\CCCCCCCCC. The van der Waals surface area contributed by atoms with Crippen molar-refractivity contribution in [1.29, 1.82) is 0 Å². The van der Waals surface area contributed by atoms with Gasteiger partial charge in [-0.3, -0.25) is 14.4 Å². The average molecular weight is 940 g/mol. The molecule has 0 heterocycles. The summed E-state index contributed by atoms with van der Waals surface area (Å²) >= 11 is 0. The summed E-state index contributed by atoms with van der Waals surface area (Å²) in [7, 11) is 0. The lowest BCUT2D eigenvalue weighted by Gasteiger charge is -2.18. The molecule has 0 aliphatic rings. The Morgan fingerprint density at radius 2 is 0.537 bits per heavy atom. The number of unbranched alkanes of at least 4 members (excludes halogenated alkanes) is 35. The van der Waals surface area contributed by atoms with E-state index in [9.17, 15) is 14.4 Å². The van der Waals surface area contributed by atoms with Gasteiger partial charge in [0.1, 0.15) is 13.2 Å². The first-order valence-corrected chi connectivity index (χ1v) is 29.2. The first kappa shape index (κ1) is 64.4. The van der Waals surface area contributed by atoms with Gasteiger partial charge in [0.15, 0.2) is 6.10 Å². The molecule has 0 spiro atoms. The summed E-state index contributed by atoms with van der Waals surface area (Å²) < 4.78 is 16.9. The lowest BCUT2D eigenvalue weighted by molar-refractivity contribution is -0.167. The minimum absolute atomic E-state index is 0.0824. The summed E-state index contributed by atoms with van der Waals surface area (Å²) in [4.78, 5) is 38.2. The van der Waals surface area contributed by atoms with Crippen LogP contribution in [0, 0.1) is 0 Å². The summed E-state index contributed by atoms with van der Waals surface area (Å²) in [5.41, 5.74) is 0. The molecule has 0 fully saturated rings. The zero-order valence-corrected chi connectivity index (χ0v) is 44.7. The predicted molar refractivity (Wildman–Crippen MR) is 289 cm³/mol. The number of hydrogen-bond acceptors (Lipinski definition) is 6. The van der Waals surface area contributed by atoms with E-state index < -0.39 is 6.10 Å². The topological polar surface area (TPSA) is 78.9 Å². The van der Waals surface area contributed by atoms with Gasteiger partial charge in [-0.1, -0.05) is 236 Å². The summed E-state index contributed by atoms with van der Waals surface area (Å²) in [5, 5.41) is 0. The molecule has 0 saturated heterocycles. The quantitative estimate of drug-likeness (QED) is 0.0199. The maximum atomic E-state index is 12.8. The summed E-state index contributed by atoms with van der Waals surface area (Å²) in [6, 6.07) is 0. The van der Waals surface area contributed by atoms with E-state index in [1.54, 1.807) is 0 Å².